The maximum Gasteiger partial charge on any atom is 0.312 e. The normalized spacial score (nSPS) is 15.8. The molecule has 0 saturated carbocycles. The Balaban J connectivity index is 1.73. The highest BCUT2D eigenvalue weighted by Gasteiger charge is 2.32. The number of ether oxygens (including phenoxy) is 1. The van der Waals surface area contributed by atoms with E-state index >= 15 is 0 Å². The van der Waals surface area contributed by atoms with Crippen LogP contribution in [0, 0.1) is 6.92 Å². The molecule has 2 aromatic carbocycles. The molecule has 1 aromatic heterocycles. The number of benzene rings is 2. The van der Waals surface area contributed by atoms with Crippen LogP contribution in [0.4, 0.5) is 0 Å². The zero-order valence-electron chi connectivity index (χ0n) is 15.6. The van der Waals surface area contributed by atoms with Crippen LogP contribution in [0.25, 0.3) is 0 Å². The van der Waals surface area contributed by atoms with E-state index in [1.807, 2.05) is 49.4 Å². The van der Waals surface area contributed by atoms with Crippen LogP contribution < -0.4 is 10.3 Å². The third-order valence-electron chi connectivity index (χ3n) is 5.21. The summed E-state index contributed by atoms with van der Waals surface area (Å²) in [7, 11) is 0. The molecule has 0 spiro atoms. The van der Waals surface area contributed by atoms with Crippen LogP contribution in [0.5, 0.6) is 11.5 Å². The summed E-state index contributed by atoms with van der Waals surface area (Å²) in [5.41, 5.74) is 3.15. The van der Waals surface area contributed by atoms with Gasteiger partial charge in [-0.2, -0.15) is 0 Å². The van der Waals surface area contributed by atoms with E-state index in [4.69, 9.17) is 4.74 Å². The second kappa shape index (κ2) is 7.35. The van der Waals surface area contributed by atoms with Gasteiger partial charge in [-0.05, 0) is 36.6 Å². The minimum Gasteiger partial charge on any atom is -0.508 e. The third kappa shape index (κ3) is 3.43. The van der Waals surface area contributed by atoms with Crippen LogP contribution in [0.15, 0.2) is 65.5 Å². The van der Waals surface area contributed by atoms with E-state index < -0.39 is 0 Å². The molecule has 1 aliphatic rings. The second-order valence-electron chi connectivity index (χ2n) is 7.08. The Hall–Kier alpha value is -3.34. The van der Waals surface area contributed by atoms with Crippen molar-refractivity contribution in [2.24, 2.45) is 0 Å². The Bertz CT molecular complexity index is 1070. The van der Waals surface area contributed by atoms with Crippen LogP contribution in [-0.2, 0) is 17.8 Å². The molecule has 0 fully saturated rings. The van der Waals surface area contributed by atoms with Gasteiger partial charge in [0, 0.05) is 24.2 Å². The molecule has 5 nitrogen and oxygen atoms in total. The van der Waals surface area contributed by atoms with Gasteiger partial charge in [-0.1, -0.05) is 42.5 Å². The lowest BCUT2D eigenvalue weighted by Crippen LogP contribution is -2.33. The van der Waals surface area contributed by atoms with E-state index in [2.05, 4.69) is 0 Å². The number of carbonyl (C=O) groups is 1. The number of hydrogen-bond donors (Lipinski definition) is 1. The van der Waals surface area contributed by atoms with Crippen molar-refractivity contribution in [3.63, 3.8) is 0 Å². The van der Waals surface area contributed by atoms with Crippen molar-refractivity contribution in [3.8, 4) is 11.5 Å². The number of fused-ring (bicyclic) bond motifs is 1. The van der Waals surface area contributed by atoms with E-state index in [0.29, 0.717) is 24.3 Å². The first-order valence-electron chi connectivity index (χ1n) is 9.31. The average Bonchev–Trinajstić information content (AvgIpc) is 2.69. The highest BCUT2D eigenvalue weighted by atomic mass is 16.5. The Morgan fingerprint density at radius 2 is 1.79 bits per heavy atom. The molecule has 0 saturated heterocycles. The fourth-order valence-electron chi connectivity index (χ4n) is 3.75. The lowest BCUT2D eigenvalue weighted by molar-refractivity contribution is -0.135. The van der Waals surface area contributed by atoms with Crippen molar-refractivity contribution in [2.75, 3.05) is 0 Å². The first kappa shape index (κ1) is 18.0. The Morgan fingerprint density at radius 3 is 2.50 bits per heavy atom. The quantitative estimate of drug-likeness (QED) is 0.708. The number of pyridine rings is 1. The highest BCUT2D eigenvalue weighted by Crippen LogP contribution is 2.36. The number of rotatable bonds is 4. The van der Waals surface area contributed by atoms with Gasteiger partial charge < -0.3 is 14.4 Å². The number of esters is 1. The van der Waals surface area contributed by atoms with Crippen molar-refractivity contribution >= 4 is 5.97 Å². The van der Waals surface area contributed by atoms with Crippen LogP contribution >= 0.6 is 0 Å². The van der Waals surface area contributed by atoms with Gasteiger partial charge in [0.15, 0.2) is 0 Å². The molecule has 142 valence electrons. The lowest BCUT2D eigenvalue weighted by atomic mass is 9.87. The number of carbonyl (C=O) groups excluding carboxylic acids is 1. The number of nitrogens with zero attached hydrogens (tertiary/aromatic N) is 1. The highest BCUT2D eigenvalue weighted by molar-refractivity contribution is 5.77. The molecule has 28 heavy (non-hydrogen) atoms. The van der Waals surface area contributed by atoms with Crippen molar-refractivity contribution < 1.29 is 14.6 Å². The Kier molecular flexibility index (Phi) is 4.74. The number of hydrogen-bond acceptors (Lipinski definition) is 4. The molecule has 0 amide bonds. The standard InChI is InChI=1S/C23H21NO4/c1-15-13-20-22(19(14-21(26)28-20)17-5-3-2-4-6-17)23(27)24(15)12-11-16-7-9-18(25)10-8-16/h2-10,13,19,25H,11-12,14H2,1H3/t19-/m0/s1. The van der Waals surface area contributed by atoms with E-state index in [9.17, 15) is 14.7 Å². The molecule has 1 N–H and O–H groups in total. The van der Waals surface area contributed by atoms with Crippen molar-refractivity contribution in [1.29, 1.82) is 0 Å². The van der Waals surface area contributed by atoms with Gasteiger partial charge in [0.2, 0.25) is 0 Å². The summed E-state index contributed by atoms with van der Waals surface area (Å²) >= 11 is 0. The van der Waals surface area contributed by atoms with E-state index in [1.165, 1.54) is 0 Å². The largest absolute Gasteiger partial charge is 0.508 e. The van der Waals surface area contributed by atoms with Crippen molar-refractivity contribution in [2.45, 2.75) is 32.2 Å². The first-order valence-corrected chi connectivity index (χ1v) is 9.31. The molecule has 0 unspecified atom stereocenters. The van der Waals surface area contributed by atoms with Gasteiger partial charge >= 0.3 is 5.97 Å². The van der Waals surface area contributed by atoms with Crippen molar-refractivity contribution in [3.05, 3.63) is 93.4 Å². The fraction of sp³-hybridized carbons (Fsp3) is 0.217. The van der Waals surface area contributed by atoms with Crippen LogP contribution in [0.1, 0.15) is 34.7 Å². The van der Waals surface area contributed by atoms with Crippen molar-refractivity contribution in [1.82, 2.24) is 4.57 Å². The molecular formula is C23H21NO4. The second-order valence-corrected chi connectivity index (χ2v) is 7.08. The summed E-state index contributed by atoms with van der Waals surface area (Å²) in [6.07, 6.45) is 0.822. The minimum atomic E-state index is -0.318. The zero-order chi connectivity index (χ0) is 19.7. The summed E-state index contributed by atoms with van der Waals surface area (Å²) in [5, 5.41) is 9.42. The summed E-state index contributed by atoms with van der Waals surface area (Å²) < 4.78 is 7.13. The van der Waals surface area contributed by atoms with Gasteiger partial charge in [-0.15, -0.1) is 0 Å². The molecule has 1 atom stereocenters. The maximum absolute atomic E-state index is 13.3. The van der Waals surface area contributed by atoms with Gasteiger partial charge in [0.05, 0.1) is 12.0 Å². The maximum atomic E-state index is 13.3. The van der Waals surface area contributed by atoms with Crippen LogP contribution in [0.2, 0.25) is 0 Å². The van der Waals surface area contributed by atoms with Gasteiger partial charge in [0.25, 0.3) is 5.56 Å². The van der Waals surface area contributed by atoms with E-state index in [1.54, 1.807) is 22.8 Å². The summed E-state index contributed by atoms with van der Waals surface area (Å²) in [6.45, 7) is 2.36. The van der Waals surface area contributed by atoms with Crippen LogP contribution in [-0.4, -0.2) is 15.6 Å². The monoisotopic (exact) mass is 375 g/mol. The zero-order valence-corrected chi connectivity index (χ0v) is 15.6. The number of aryl methyl sites for hydroxylation is 2. The SMILES string of the molecule is Cc1cc2c(c(=O)n1CCc1ccc(O)cc1)[C@H](c1ccccc1)CC(=O)O2. The molecule has 0 radical (unpaired) electrons. The predicted octanol–water partition coefficient (Wildman–Crippen LogP) is 3.55. The lowest BCUT2D eigenvalue weighted by Gasteiger charge is -2.26. The third-order valence-corrected chi connectivity index (χ3v) is 5.21. The minimum absolute atomic E-state index is 0.116. The Morgan fingerprint density at radius 1 is 1.07 bits per heavy atom. The summed E-state index contributed by atoms with van der Waals surface area (Å²) in [4.78, 5) is 25.4. The molecule has 0 bridgehead atoms. The number of aromatic hydroxyl groups is 1. The summed E-state index contributed by atoms with van der Waals surface area (Å²) in [6, 6.07) is 18.4. The molecule has 2 heterocycles. The molecule has 1 aliphatic heterocycles. The number of phenols is 1. The molecule has 4 rings (SSSR count). The Labute approximate surface area is 162 Å². The molecule has 5 heteroatoms. The number of phenolic OH excluding ortho intramolecular Hbond substituents is 1. The van der Waals surface area contributed by atoms with Gasteiger partial charge in [-0.25, -0.2) is 0 Å². The van der Waals surface area contributed by atoms with Crippen LogP contribution in [0.3, 0.4) is 0 Å². The molecule has 0 aliphatic carbocycles. The predicted molar refractivity (Wildman–Crippen MR) is 106 cm³/mol. The topological polar surface area (TPSA) is 68.5 Å². The molecular weight excluding hydrogens is 354 g/mol. The van der Waals surface area contributed by atoms with E-state index in [-0.39, 0.29) is 29.6 Å². The fourth-order valence-corrected chi connectivity index (χ4v) is 3.75. The van der Waals surface area contributed by atoms with Gasteiger partial charge in [0.1, 0.15) is 11.5 Å². The van der Waals surface area contributed by atoms with E-state index in [0.717, 1.165) is 16.8 Å². The first-order chi connectivity index (χ1) is 13.5. The summed E-state index contributed by atoms with van der Waals surface area (Å²) in [5.74, 6) is -0.0284. The molecule has 3 aromatic rings. The van der Waals surface area contributed by atoms with Gasteiger partial charge in [-0.3, -0.25) is 9.59 Å². The number of aromatic nitrogens is 1. The smallest absolute Gasteiger partial charge is 0.312 e. The average molecular weight is 375 g/mol.